The number of allylic oxidation sites excluding steroid dienone is 10. The van der Waals surface area contributed by atoms with Gasteiger partial charge in [0.2, 0.25) is 0 Å². The minimum Gasteiger partial charge on any atom is -0.466 e. The van der Waals surface area contributed by atoms with Gasteiger partial charge >= 0.3 is 5.97 Å². The first-order valence-electron chi connectivity index (χ1n) is 9.71. The van der Waals surface area contributed by atoms with E-state index >= 15 is 0 Å². The lowest BCUT2D eigenvalue weighted by atomic mass is 10.2. The molecule has 0 heterocycles. The summed E-state index contributed by atoms with van der Waals surface area (Å²) in [5.41, 5.74) is 0. The average Bonchev–Trinajstić information content (AvgIpc) is 2.61. The molecule has 140 valence electrons. The molecule has 0 spiro atoms. The van der Waals surface area contributed by atoms with E-state index < -0.39 is 0 Å². The molecule has 0 radical (unpaired) electrons. The van der Waals surface area contributed by atoms with Crippen LogP contribution in [0.3, 0.4) is 0 Å². The van der Waals surface area contributed by atoms with Crippen LogP contribution in [0, 0.1) is 0 Å². The highest BCUT2D eigenvalue weighted by molar-refractivity contribution is 5.69. The Labute approximate surface area is 155 Å². The van der Waals surface area contributed by atoms with Crippen LogP contribution < -0.4 is 0 Å². The Morgan fingerprint density at radius 1 is 0.680 bits per heavy atom. The Morgan fingerprint density at radius 3 is 1.56 bits per heavy atom. The highest BCUT2D eigenvalue weighted by Gasteiger charge is 1.98. The fourth-order valence-electron chi connectivity index (χ4n) is 2.08. The molecule has 0 aromatic rings. The van der Waals surface area contributed by atoms with Crippen molar-refractivity contribution in [3.63, 3.8) is 0 Å². The predicted molar refractivity (Wildman–Crippen MR) is 110 cm³/mol. The monoisotopic (exact) mass is 344 g/mol. The molecule has 0 aliphatic heterocycles. The lowest BCUT2D eigenvalue weighted by molar-refractivity contribution is -0.143. The van der Waals surface area contributed by atoms with Crippen molar-refractivity contribution in [1.29, 1.82) is 0 Å². The quantitative estimate of drug-likeness (QED) is 0.184. The second kappa shape index (κ2) is 20.2. The standard InChI is InChI=1S/C23H36O2/c1-3-5-6-7-8-9-10-11-12-13-14-15-16-17-18-19-20-21-22-23(24)25-4-2/h6-7,9-10,12-13,15-16,18-19H,3-5,8,11,14,17,20-22H2,1-2H3/b7-6-,10-9-,13-12-,16-15-,19-18-. The maximum atomic E-state index is 11.1. The first kappa shape index (κ1) is 23.2. The number of esters is 1. The third-order valence-electron chi connectivity index (χ3n) is 3.43. The van der Waals surface area contributed by atoms with E-state index in [2.05, 4.69) is 67.7 Å². The van der Waals surface area contributed by atoms with Crippen LogP contribution >= 0.6 is 0 Å². The van der Waals surface area contributed by atoms with Crippen molar-refractivity contribution in [2.75, 3.05) is 6.61 Å². The van der Waals surface area contributed by atoms with Crippen molar-refractivity contribution in [3.8, 4) is 0 Å². The van der Waals surface area contributed by atoms with Gasteiger partial charge in [0.25, 0.3) is 0 Å². The molecule has 0 bridgehead atoms. The lowest BCUT2D eigenvalue weighted by Gasteiger charge is -1.98. The average molecular weight is 345 g/mol. The van der Waals surface area contributed by atoms with Gasteiger partial charge < -0.3 is 4.74 Å². The van der Waals surface area contributed by atoms with Gasteiger partial charge in [-0.05, 0) is 51.9 Å². The summed E-state index contributed by atoms with van der Waals surface area (Å²) < 4.78 is 4.89. The SMILES string of the molecule is CCC/C=C\C/C=C\C/C=C\C/C=C\C/C=C\CCCC(=O)OCC. The van der Waals surface area contributed by atoms with Crippen LogP contribution in [-0.2, 0) is 9.53 Å². The molecule has 0 aliphatic rings. The largest absolute Gasteiger partial charge is 0.466 e. The van der Waals surface area contributed by atoms with Crippen molar-refractivity contribution in [2.24, 2.45) is 0 Å². The summed E-state index contributed by atoms with van der Waals surface area (Å²) in [6, 6.07) is 0. The summed E-state index contributed by atoms with van der Waals surface area (Å²) in [5.74, 6) is -0.0922. The van der Waals surface area contributed by atoms with Gasteiger partial charge in [0.15, 0.2) is 0 Å². The van der Waals surface area contributed by atoms with E-state index in [1.165, 1.54) is 12.8 Å². The van der Waals surface area contributed by atoms with Gasteiger partial charge in [-0.25, -0.2) is 0 Å². The Bertz CT molecular complexity index is 439. The Morgan fingerprint density at radius 2 is 1.12 bits per heavy atom. The van der Waals surface area contributed by atoms with Gasteiger partial charge in [-0.1, -0.05) is 74.1 Å². The van der Waals surface area contributed by atoms with E-state index in [1.54, 1.807) is 0 Å². The highest BCUT2D eigenvalue weighted by Crippen LogP contribution is 2.00. The summed E-state index contributed by atoms with van der Waals surface area (Å²) in [5, 5.41) is 0. The zero-order chi connectivity index (χ0) is 18.4. The number of carbonyl (C=O) groups is 1. The third-order valence-corrected chi connectivity index (χ3v) is 3.43. The minimum atomic E-state index is -0.0922. The molecule has 0 atom stereocenters. The molecule has 0 aliphatic carbocycles. The fourth-order valence-corrected chi connectivity index (χ4v) is 2.08. The molecular formula is C23H36O2. The number of hydrogen-bond acceptors (Lipinski definition) is 2. The van der Waals surface area contributed by atoms with Gasteiger partial charge in [0.1, 0.15) is 0 Å². The lowest BCUT2D eigenvalue weighted by Crippen LogP contribution is -2.02. The molecule has 0 fully saturated rings. The highest BCUT2D eigenvalue weighted by atomic mass is 16.5. The first-order chi connectivity index (χ1) is 12.3. The van der Waals surface area contributed by atoms with Crippen molar-refractivity contribution in [1.82, 2.24) is 0 Å². The summed E-state index contributed by atoms with van der Waals surface area (Å²) in [6.07, 6.45) is 30.7. The molecule has 0 saturated carbocycles. The van der Waals surface area contributed by atoms with Crippen LogP contribution in [0.25, 0.3) is 0 Å². The molecule has 2 nitrogen and oxygen atoms in total. The van der Waals surface area contributed by atoms with Crippen LogP contribution in [0.1, 0.15) is 71.6 Å². The van der Waals surface area contributed by atoms with Gasteiger partial charge in [0.05, 0.1) is 6.61 Å². The van der Waals surface area contributed by atoms with E-state index in [-0.39, 0.29) is 5.97 Å². The normalized spacial score (nSPS) is 12.6. The van der Waals surface area contributed by atoms with E-state index in [1.807, 2.05) is 6.92 Å². The molecule has 0 N–H and O–H groups in total. The molecule has 0 rings (SSSR count). The topological polar surface area (TPSA) is 26.3 Å². The Balaban J connectivity index is 3.48. The van der Waals surface area contributed by atoms with Crippen molar-refractivity contribution in [2.45, 2.75) is 71.6 Å². The van der Waals surface area contributed by atoms with Gasteiger partial charge in [-0.15, -0.1) is 0 Å². The first-order valence-corrected chi connectivity index (χ1v) is 9.71. The molecule has 0 aromatic carbocycles. The zero-order valence-electron chi connectivity index (χ0n) is 16.2. The Hall–Kier alpha value is -1.83. The number of carbonyl (C=O) groups excluding carboxylic acids is 1. The van der Waals surface area contributed by atoms with Gasteiger partial charge in [0, 0.05) is 6.42 Å². The molecule has 0 saturated heterocycles. The zero-order valence-corrected chi connectivity index (χ0v) is 16.2. The second-order valence-corrected chi connectivity index (χ2v) is 5.79. The molecule has 25 heavy (non-hydrogen) atoms. The number of unbranched alkanes of at least 4 members (excludes halogenated alkanes) is 2. The summed E-state index contributed by atoms with van der Waals surface area (Å²) in [4.78, 5) is 11.1. The molecule has 0 unspecified atom stereocenters. The van der Waals surface area contributed by atoms with Crippen LogP contribution in [0.2, 0.25) is 0 Å². The van der Waals surface area contributed by atoms with E-state index in [9.17, 15) is 4.79 Å². The van der Waals surface area contributed by atoms with Crippen LogP contribution in [-0.4, -0.2) is 12.6 Å². The number of ether oxygens (including phenoxy) is 1. The molecular weight excluding hydrogens is 308 g/mol. The van der Waals surface area contributed by atoms with Crippen LogP contribution in [0.15, 0.2) is 60.8 Å². The van der Waals surface area contributed by atoms with Crippen molar-refractivity contribution < 1.29 is 9.53 Å². The fraction of sp³-hybridized carbons (Fsp3) is 0.522. The molecule has 0 amide bonds. The van der Waals surface area contributed by atoms with Crippen LogP contribution in [0.5, 0.6) is 0 Å². The predicted octanol–water partition coefficient (Wildman–Crippen LogP) is 6.86. The van der Waals surface area contributed by atoms with Gasteiger partial charge in [-0.2, -0.15) is 0 Å². The van der Waals surface area contributed by atoms with E-state index in [0.29, 0.717) is 13.0 Å². The molecule has 0 aromatic heterocycles. The maximum absolute atomic E-state index is 11.1. The van der Waals surface area contributed by atoms with Gasteiger partial charge in [-0.3, -0.25) is 4.79 Å². The summed E-state index contributed by atoms with van der Waals surface area (Å²) in [7, 11) is 0. The summed E-state index contributed by atoms with van der Waals surface area (Å²) >= 11 is 0. The van der Waals surface area contributed by atoms with E-state index in [4.69, 9.17) is 4.74 Å². The smallest absolute Gasteiger partial charge is 0.305 e. The second-order valence-electron chi connectivity index (χ2n) is 5.79. The van der Waals surface area contributed by atoms with Crippen molar-refractivity contribution >= 4 is 5.97 Å². The third kappa shape index (κ3) is 20.1. The number of rotatable bonds is 15. The van der Waals surface area contributed by atoms with Crippen molar-refractivity contribution in [3.05, 3.63) is 60.8 Å². The summed E-state index contributed by atoms with van der Waals surface area (Å²) in [6.45, 7) is 4.51. The van der Waals surface area contributed by atoms with Crippen LogP contribution in [0.4, 0.5) is 0 Å². The number of hydrogen-bond donors (Lipinski definition) is 0. The Kier molecular flexibility index (Phi) is 18.7. The molecule has 2 heteroatoms. The minimum absolute atomic E-state index is 0.0922. The van der Waals surface area contributed by atoms with E-state index in [0.717, 1.165) is 38.5 Å². The maximum Gasteiger partial charge on any atom is 0.305 e.